The predicted molar refractivity (Wildman–Crippen MR) is 104 cm³/mol. The van der Waals surface area contributed by atoms with Crippen LogP contribution < -0.4 is 21.3 Å². The second-order valence-electron chi connectivity index (χ2n) is 6.13. The zero-order valence-electron chi connectivity index (χ0n) is 14.9. The maximum Gasteiger partial charge on any atom is 0.327 e. The number of carboxylic acid groups (broad SMARTS) is 2. The number of hydrogen-bond donors (Lipinski definition) is 8. The highest BCUT2D eigenvalue weighted by Crippen LogP contribution is 2.06. The normalized spacial score (nSPS) is 19.1. The van der Waals surface area contributed by atoms with Crippen LogP contribution in [0.25, 0.3) is 0 Å². The van der Waals surface area contributed by atoms with Gasteiger partial charge in [0.15, 0.2) is 0 Å². The van der Waals surface area contributed by atoms with Crippen LogP contribution in [0.15, 0.2) is 0 Å². The minimum absolute atomic E-state index is 0.0832. The van der Waals surface area contributed by atoms with Crippen molar-refractivity contribution in [1.82, 2.24) is 21.3 Å². The Labute approximate surface area is 172 Å². The van der Waals surface area contributed by atoms with Crippen LogP contribution in [-0.4, -0.2) is 82.1 Å². The molecule has 1 saturated heterocycles. The second kappa shape index (κ2) is 11.8. The highest BCUT2D eigenvalue weighted by atomic mass is 32.1. The van der Waals surface area contributed by atoms with Crippen LogP contribution >= 0.6 is 25.3 Å². The van der Waals surface area contributed by atoms with Crippen LogP contribution in [-0.2, 0) is 24.0 Å². The molecule has 28 heavy (non-hydrogen) atoms. The third-order valence-corrected chi connectivity index (χ3v) is 4.73. The standard InChI is InChI=1S/C15H24N4O7S2/c20-11(21)4-8(13(23)19-10(6-28)15(25)26)17-14(24)9(5-27)18-12(22)7-2-1-3-16-7/h7-10,16,27-28H,1-6H2,(H,17,24)(H,18,22)(H,19,23)(H,20,21)(H,25,26). The van der Waals surface area contributed by atoms with Crippen molar-refractivity contribution in [3.05, 3.63) is 0 Å². The Hall–Kier alpha value is -1.99. The van der Waals surface area contributed by atoms with E-state index in [1.54, 1.807) is 0 Å². The topological polar surface area (TPSA) is 174 Å². The fraction of sp³-hybridized carbons (Fsp3) is 0.667. The lowest BCUT2D eigenvalue weighted by molar-refractivity contribution is -0.143. The van der Waals surface area contributed by atoms with Crippen molar-refractivity contribution >= 4 is 54.9 Å². The third kappa shape index (κ3) is 7.56. The molecule has 13 heteroatoms. The van der Waals surface area contributed by atoms with Gasteiger partial charge >= 0.3 is 11.9 Å². The molecule has 4 unspecified atom stereocenters. The van der Waals surface area contributed by atoms with E-state index in [9.17, 15) is 24.0 Å². The van der Waals surface area contributed by atoms with Crippen LogP contribution in [0.2, 0.25) is 0 Å². The van der Waals surface area contributed by atoms with Crippen LogP contribution in [0.5, 0.6) is 0 Å². The van der Waals surface area contributed by atoms with Gasteiger partial charge in [0, 0.05) is 11.5 Å². The number of carbonyl (C=O) groups is 5. The largest absolute Gasteiger partial charge is 0.481 e. The van der Waals surface area contributed by atoms with E-state index in [-0.39, 0.29) is 11.5 Å². The molecule has 158 valence electrons. The van der Waals surface area contributed by atoms with Crippen LogP contribution in [0.3, 0.4) is 0 Å². The summed E-state index contributed by atoms with van der Waals surface area (Å²) in [5, 5.41) is 27.8. The number of hydrogen-bond acceptors (Lipinski definition) is 8. The third-order valence-electron chi connectivity index (χ3n) is 4.00. The van der Waals surface area contributed by atoms with Gasteiger partial charge in [0.05, 0.1) is 12.5 Å². The maximum atomic E-state index is 12.4. The van der Waals surface area contributed by atoms with Crippen molar-refractivity contribution < 1.29 is 34.2 Å². The Morgan fingerprint density at radius 3 is 1.96 bits per heavy atom. The highest BCUT2D eigenvalue weighted by molar-refractivity contribution is 7.80. The fourth-order valence-corrected chi connectivity index (χ4v) is 2.99. The maximum absolute atomic E-state index is 12.4. The summed E-state index contributed by atoms with van der Waals surface area (Å²) < 4.78 is 0. The number of carbonyl (C=O) groups excluding carboxylic acids is 3. The van der Waals surface area contributed by atoms with Gasteiger partial charge in [-0.15, -0.1) is 0 Å². The van der Waals surface area contributed by atoms with Gasteiger partial charge in [0.25, 0.3) is 0 Å². The first-order valence-corrected chi connectivity index (χ1v) is 9.76. The average molecular weight is 437 g/mol. The Morgan fingerprint density at radius 1 is 0.929 bits per heavy atom. The summed E-state index contributed by atoms with van der Waals surface area (Å²) in [7, 11) is 0. The minimum atomic E-state index is -1.53. The smallest absolute Gasteiger partial charge is 0.327 e. The van der Waals surface area contributed by atoms with Crippen molar-refractivity contribution in [3.63, 3.8) is 0 Å². The van der Waals surface area contributed by atoms with Gasteiger partial charge in [0.2, 0.25) is 17.7 Å². The summed E-state index contributed by atoms with van der Waals surface area (Å²) in [5.74, 6) is -5.22. The summed E-state index contributed by atoms with van der Waals surface area (Å²) in [6.07, 6.45) is 0.678. The van der Waals surface area contributed by atoms with E-state index in [2.05, 4.69) is 46.5 Å². The summed E-state index contributed by atoms with van der Waals surface area (Å²) in [4.78, 5) is 58.8. The first-order valence-electron chi connectivity index (χ1n) is 8.50. The molecule has 1 heterocycles. The van der Waals surface area contributed by atoms with Gasteiger partial charge < -0.3 is 31.5 Å². The number of amides is 3. The second-order valence-corrected chi connectivity index (χ2v) is 6.86. The molecule has 0 saturated carbocycles. The molecule has 0 aromatic heterocycles. The van der Waals surface area contributed by atoms with Crippen molar-refractivity contribution in [2.24, 2.45) is 0 Å². The van der Waals surface area contributed by atoms with E-state index in [1.165, 1.54) is 0 Å². The molecule has 0 aromatic rings. The molecular formula is C15H24N4O7S2. The fourth-order valence-electron chi connectivity index (χ4n) is 2.49. The number of carboxylic acids is 2. The first-order chi connectivity index (χ1) is 13.2. The monoisotopic (exact) mass is 436 g/mol. The van der Waals surface area contributed by atoms with Crippen molar-refractivity contribution in [2.75, 3.05) is 18.1 Å². The van der Waals surface area contributed by atoms with Crippen molar-refractivity contribution in [2.45, 2.75) is 43.4 Å². The van der Waals surface area contributed by atoms with Crippen molar-refractivity contribution in [3.8, 4) is 0 Å². The van der Waals surface area contributed by atoms with Gasteiger partial charge in [-0.3, -0.25) is 19.2 Å². The highest BCUT2D eigenvalue weighted by Gasteiger charge is 2.31. The quantitative estimate of drug-likeness (QED) is 0.166. The predicted octanol–water partition coefficient (Wildman–Crippen LogP) is -2.39. The molecule has 0 aliphatic carbocycles. The molecule has 1 fully saturated rings. The number of rotatable bonds is 11. The molecular weight excluding hydrogens is 412 g/mol. The molecule has 1 rings (SSSR count). The molecule has 1 aliphatic rings. The van der Waals surface area contributed by atoms with E-state index >= 15 is 0 Å². The van der Waals surface area contributed by atoms with Gasteiger partial charge in [-0.05, 0) is 19.4 Å². The number of nitrogens with one attached hydrogen (secondary N) is 4. The summed E-state index contributed by atoms with van der Waals surface area (Å²) in [6.45, 7) is 0.687. The Bertz CT molecular complexity index is 613. The molecule has 0 bridgehead atoms. The molecule has 3 amide bonds. The van der Waals surface area contributed by atoms with Crippen molar-refractivity contribution in [1.29, 1.82) is 0 Å². The number of thiol groups is 2. The minimum Gasteiger partial charge on any atom is -0.481 e. The van der Waals surface area contributed by atoms with Gasteiger partial charge in [-0.25, -0.2) is 4.79 Å². The van der Waals surface area contributed by atoms with Crippen LogP contribution in [0.1, 0.15) is 19.3 Å². The summed E-state index contributed by atoms with van der Waals surface area (Å²) in [5.41, 5.74) is 0. The van der Waals surface area contributed by atoms with E-state index in [0.29, 0.717) is 13.0 Å². The van der Waals surface area contributed by atoms with Gasteiger partial charge in [-0.1, -0.05) is 0 Å². The zero-order valence-corrected chi connectivity index (χ0v) is 16.7. The van der Waals surface area contributed by atoms with E-state index in [1.807, 2.05) is 0 Å². The lowest BCUT2D eigenvalue weighted by Crippen LogP contribution is -2.58. The molecule has 11 nitrogen and oxygen atoms in total. The van der Waals surface area contributed by atoms with Gasteiger partial charge in [0.1, 0.15) is 18.1 Å². The van der Waals surface area contributed by atoms with E-state index in [4.69, 9.17) is 10.2 Å². The molecule has 4 atom stereocenters. The molecule has 1 aliphatic heterocycles. The Balaban J connectivity index is 2.77. The summed E-state index contributed by atoms with van der Waals surface area (Å²) in [6, 6.07) is -4.41. The summed E-state index contributed by atoms with van der Waals surface area (Å²) >= 11 is 7.82. The van der Waals surface area contributed by atoms with Crippen LogP contribution in [0, 0.1) is 0 Å². The SMILES string of the molecule is O=C(O)CC(NC(=O)C(CS)NC(=O)C1CCCN1)C(=O)NC(CS)C(=O)O. The average Bonchev–Trinajstić information content (AvgIpc) is 3.17. The molecule has 0 aromatic carbocycles. The number of aliphatic carboxylic acids is 2. The first kappa shape index (κ1) is 24.0. The van der Waals surface area contributed by atoms with E-state index in [0.717, 1.165) is 6.42 Å². The van der Waals surface area contributed by atoms with Crippen LogP contribution in [0.4, 0.5) is 0 Å². The zero-order chi connectivity index (χ0) is 21.3. The van der Waals surface area contributed by atoms with Gasteiger partial charge in [-0.2, -0.15) is 25.3 Å². The Kier molecular flexibility index (Phi) is 10.1. The molecule has 0 radical (unpaired) electrons. The molecule has 0 spiro atoms. The van der Waals surface area contributed by atoms with E-state index < -0.39 is 60.2 Å². The lowest BCUT2D eigenvalue weighted by atomic mass is 10.1. The lowest BCUT2D eigenvalue weighted by Gasteiger charge is -2.23. The Morgan fingerprint density at radius 2 is 1.50 bits per heavy atom. The molecule has 6 N–H and O–H groups in total.